The summed E-state index contributed by atoms with van der Waals surface area (Å²) in [5, 5.41) is 6.83. The van der Waals surface area contributed by atoms with Gasteiger partial charge in [-0.25, -0.2) is 34.9 Å². The molecule has 0 aliphatic heterocycles. The number of hydrogen-bond donors (Lipinski definition) is 0. The third-order valence-electron chi connectivity index (χ3n) is 18.1. The fourth-order valence-corrected chi connectivity index (χ4v) is 13.7. The molecule has 10 heteroatoms. The molecular weight excluding hydrogens is 1140 g/mol. The maximum Gasteiger partial charge on any atom is 0.165 e. The minimum absolute atomic E-state index is 0.432. The highest BCUT2D eigenvalue weighted by Gasteiger charge is 2.31. The summed E-state index contributed by atoms with van der Waals surface area (Å²) in [7, 11) is 0. The maximum absolute atomic E-state index is 6.25. The first-order chi connectivity index (χ1) is 45.5. The minimum atomic E-state index is 0.432. The summed E-state index contributed by atoms with van der Waals surface area (Å²) in [5.74, 6) is 4.41. The van der Waals surface area contributed by atoms with Crippen molar-refractivity contribution in [3.8, 4) is 96.8 Å². The molecular formula is C83H60N10. The quantitative estimate of drug-likeness (QED) is 0.134. The van der Waals surface area contributed by atoms with Gasteiger partial charge in [0.2, 0.25) is 0 Å². The molecule has 0 unspecified atom stereocenters. The molecule has 0 aliphatic carbocycles. The number of nitrogens with zero attached hydrogens (tertiary/aromatic N) is 10. The maximum atomic E-state index is 6.25. The summed E-state index contributed by atoms with van der Waals surface area (Å²) in [6, 6.07) is 90.2. The van der Waals surface area contributed by atoms with Crippen molar-refractivity contribution in [2.75, 3.05) is 0 Å². The van der Waals surface area contributed by atoms with Crippen LogP contribution in [0.5, 0.6) is 0 Å². The van der Waals surface area contributed by atoms with E-state index >= 15 is 0 Å². The van der Waals surface area contributed by atoms with E-state index in [4.69, 9.17) is 34.9 Å². The van der Waals surface area contributed by atoms with Gasteiger partial charge in [0.05, 0.1) is 38.8 Å². The first-order valence-electron chi connectivity index (χ1n) is 31.5. The highest BCUT2D eigenvalue weighted by Crippen LogP contribution is 2.48. The van der Waals surface area contributed by atoms with Gasteiger partial charge in [-0.3, -0.25) is 9.13 Å². The molecule has 0 fully saturated rings. The van der Waals surface area contributed by atoms with Gasteiger partial charge in [-0.1, -0.05) is 209 Å². The van der Waals surface area contributed by atoms with Crippen molar-refractivity contribution in [1.29, 1.82) is 0 Å². The highest BCUT2D eigenvalue weighted by atomic mass is 15.2. The van der Waals surface area contributed by atoms with Gasteiger partial charge in [0.15, 0.2) is 40.8 Å². The summed E-state index contributed by atoms with van der Waals surface area (Å²) in [6.07, 6.45) is 0. The molecule has 0 saturated carbocycles. The Morgan fingerprint density at radius 3 is 0.882 bits per heavy atom. The number of aromatic nitrogens is 10. The lowest BCUT2D eigenvalue weighted by atomic mass is 9.92. The molecule has 17 aromatic rings. The van der Waals surface area contributed by atoms with Crippen LogP contribution < -0.4 is 0 Å². The first-order valence-corrected chi connectivity index (χ1v) is 31.5. The van der Waals surface area contributed by atoms with Crippen LogP contribution >= 0.6 is 0 Å². The fourth-order valence-electron chi connectivity index (χ4n) is 13.7. The third-order valence-corrected chi connectivity index (χ3v) is 18.1. The Morgan fingerprint density at radius 2 is 0.527 bits per heavy atom. The lowest BCUT2D eigenvalue weighted by molar-refractivity contribution is 0.984. The van der Waals surface area contributed by atoms with Crippen LogP contribution in [0.25, 0.3) is 162 Å². The molecule has 6 heterocycles. The summed E-state index contributed by atoms with van der Waals surface area (Å²) in [6.45, 7) is 13.0. The van der Waals surface area contributed by atoms with Crippen molar-refractivity contribution < 1.29 is 0 Å². The van der Waals surface area contributed by atoms with Gasteiger partial charge in [0.25, 0.3) is 0 Å². The van der Waals surface area contributed by atoms with E-state index in [9.17, 15) is 0 Å². The Bertz CT molecular complexity index is 5570. The van der Waals surface area contributed by atoms with E-state index in [0.29, 0.717) is 46.1 Å². The Hall–Kier alpha value is -12.0. The van der Waals surface area contributed by atoms with Crippen LogP contribution in [0, 0.1) is 41.5 Å². The number of hydrogen-bond acceptors (Lipinski definition) is 7. The molecule has 0 amide bonds. The van der Waals surface area contributed by atoms with Gasteiger partial charge in [-0.15, -0.1) is 0 Å². The average molecular weight is 1200 g/mol. The van der Waals surface area contributed by atoms with Crippen LogP contribution in [0.3, 0.4) is 0 Å². The second kappa shape index (κ2) is 21.9. The third kappa shape index (κ3) is 9.36. The zero-order valence-electron chi connectivity index (χ0n) is 52.2. The van der Waals surface area contributed by atoms with Gasteiger partial charge in [-0.05, 0) is 126 Å². The van der Waals surface area contributed by atoms with Crippen LogP contribution in [-0.2, 0) is 0 Å². The molecule has 6 aromatic heterocycles. The van der Waals surface area contributed by atoms with Gasteiger partial charge in [0, 0.05) is 71.3 Å². The number of fused-ring (bicyclic) bond motifs is 9. The molecule has 17 rings (SSSR count). The predicted octanol–water partition coefficient (Wildman–Crippen LogP) is 20.3. The van der Waals surface area contributed by atoms with Crippen LogP contribution in [0.4, 0.5) is 0 Å². The number of benzene rings is 11. The second-order valence-corrected chi connectivity index (χ2v) is 24.6. The highest BCUT2D eigenvalue weighted by molar-refractivity contribution is 6.14. The number of pyridine rings is 1. The van der Waals surface area contributed by atoms with Crippen molar-refractivity contribution in [3.63, 3.8) is 0 Å². The Morgan fingerprint density at radius 1 is 0.226 bits per heavy atom. The van der Waals surface area contributed by atoms with Crippen LogP contribution in [-0.4, -0.2) is 48.6 Å². The Balaban J connectivity index is 1.11. The Labute approximate surface area is 537 Å². The van der Waals surface area contributed by atoms with E-state index in [2.05, 4.69) is 213 Å². The average Bonchev–Trinajstić information content (AvgIpc) is 1.61. The van der Waals surface area contributed by atoms with E-state index in [1.165, 1.54) is 22.3 Å². The summed E-state index contributed by atoms with van der Waals surface area (Å²) in [5.41, 5.74) is 20.5. The van der Waals surface area contributed by atoms with Crippen molar-refractivity contribution in [2.45, 2.75) is 41.5 Å². The molecule has 0 N–H and O–H groups in total. The summed E-state index contributed by atoms with van der Waals surface area (Å²) >= 11 is 0. The molecule has 442 valence electrons. The molecule has 0 aliphatic rings. The molecule has 11 aromatic carbocycles. The van der Waals surface area contributed by atoms with E-state index in [-0.39, 0.29) is 0 Å². The lowest BCUT2D eigenvalue weighted by Crippen LogP contribution is -2.12. The molecule has 93 heavy (non-hydrogen) atoms. The molecule has 0 atom stereocenters. The normalized spacial score (nSPS) is 11.8. The zero-order valence-corrected chi connectivity index (χ0v) is 52.2. The fraction of sp³-hybridized carbons (Fsp3) is 0.0723. The number of aryl methyl sites for hydroxylation is 6. The smallest absolute Gasteiger partial charge is 0.165 e. The van der Waals surface area contributed by atoms with Gasteiger partial charge >= 0.3 is 0 Å². The molecule has 0 saturated heterocycles. The summed E-state index contributed by atoms with van der Waals surface area (Å²) in [4.78, 5) is 39.1. The molecule has 0 spiro atoms. The predicted molar refractivity (Wildman–Crippen MR) is 380 cm³/mol. The lowest BCUT2D eigenvalue weighted by Gasteiger charge is -2.24. The first kappa shape index (κ1) is 55.1. The van der Waals surface area contributed by atoms with E-state index in [0.717, 1.165) is 127 Å². The van der Waals surface area contributed by atoms with Crippen molar-refractivity contribution in [3.05, 3.63) is 288 Å². The van der Waals surface area contributed by atoms with Crippen LogP contribution in [0.1, 0.15) is 33.4 Å². The Kier molecular flexibility index (Phi) is 13.0. The van der Waals surface area contributed by atoms with E-state index in [1.54, 1.807) is 0 Å². The standard InChI is InChI=1S/C83H60N10/c1-49-30-36-68-61(42-49)62-43-50(2)31-37-69(62)91(68)74-48-67(76(92-70-38-32-51(3)44-63(70)64-45-52(4)33-39-71(64)92)83(84-74)93-72-40-34-53(5)46-65(72)66-47-54(6)35-41-73(66)93)59-28-19-29-60(81-87-77(55-20-11-7-12-21-55)85-78(88-81)56-22-13-8-14-23-56)75(59)82-89-79(57-24-15-9-16-25-57)86-80(90-82)58-26-17-10-18-27-58/h7-48H,1-6H3. The second-order valence-electron chi connectivity index (χ2n) is 24.6. The molecule has 0 bridgehead atoms. The molecule has 10 nitrogen and oxygen atoms in total. The topological polar surface area (TPSA) is 105 Å². The van der Waals surface area contributed by atoms with Gasteiger partial charge < -0.3 is 4.57 Å². The van der Waals surface area contributed by atoms with Crippen LogP contribution in [0.2, 0.25) is 0 Å². The van der Waals surface area contributed by atoms with Crippen LogP contribution in [0.15, 0.2) is 255 Å². The molecule has 0 radical (unpaired) electrons. The van der Waals surface area contributed by atoms with Gasteiger partial charge in [-0.2, -0.15) is 0 Å². The van der Waals surface area contributed by atoms with Gasteiger partial charge in [0.1, 0.15) is 5.82 Å². The SMILES string of the molecule is Cc1ccc2c(c1)c1cc(C)ccc1n2-c1cc(-c2cccc(-c3nc(-c4ccccc4)nc(-c4ccccc4)n3)c2-c2nc(-c3ccccc3)nc(-c3ccccc3)n2)c(-n2c3ccc(C)cc3c3cc(C)ccc32)c(-n2c3ccc(C)cc3c3cc(C)ccc32)n1. The minimum Gasteiger partial charge on any atom is -0.305 e. The largest absolute Gasteiger partial charge is 0.305 e. The summed E-state index contributed by atoms with van der Waals surface area (Å²) < 4.78 is 7.23. The van der Waals surface area contributed by atoms with E-state index in [1.807, 2.05) is 97.1 Å². The zero-order chi connectivity index (χ0) is 62.6. The monoisotopic (exact) mass is 1200 g/mol. The van der Waals surface area contributed by atoms with Crippen molar-refractivity contribution in [1.82, 2.24) is 48.6 Å². The number of rotatable bonds is 10. The van der Waals surface area contributed by atoms with Crippen molar-refractivity contribution in [2.24, 2.45) is 0 Å². The van der Waals surface area contributed by atoms with E-state index < -0.39 is 0 Å². The van der Waals surface area contributed by atoms with Crippen molar-refractivity contribution >= 4 is 65.4 Å².